The zero-order valence-electron chi connectivity index (χ0n) is 25.0. The molecule has 2 aliphatic rings. The van der Waals surface area contributed by atoms with Crippen molar-refractivity contribution >= 4 is 35.5 Å². The van der Waals surface area contributed by atoms with Gasteiger partial charge in [0.2, 0.25) is 5.95 Å². The molecule has 12 heteroatoms. The van der Waals surface area contributed by atoms with Crippen LogP contribution in [-0.4, -0.2) is 94.8 Å². The van der Waals surface area contributed by atoms with E-state index in [2.05, 4.69) is 16.2 Å². The first-order chi connectivity index (χ1) is 20.8. The average Bonchev–Trinajstić information content (AvgIpc) is 3.57. The fourth-order valence-electron chi connectivity index (χ4n) is 5.29. The molecule has 1 aromatic carbocycles. The maximum absolute atomic E-state index is 13.6. The molecule has 43 heavy (non-hydrogen) atoms. The van der Waals surface area contributed by atoms with Crippen molar-refractivity contribution in [2.75, 3.05) is 60.9 Å². The van der Waals surface area contributed by atoms with Gasteiger partial charge < -0.3 is 29.9 Å². The normalized spacial score (nSPS) is 15.4. The number of amides is 3. The highest BCUT2D eigenvalue weighted by molar-refractivity contribution is 5.96. The van der Waals surface area contributed by atoms with Crippen LogP contribution < -0.4 is 19.9 Å². The lowest BCUT2D eigenvalue weighted by Gasteiger charge is -2.33. The predicted molar refractivity (Wildman–Crippen MR) is 165 cm³/mol. The van der Waals surface area contributed by atoms with Crippen LogP contribution in [0.5, 0.6) is 5.75 Å². The zero-order valence-corrected chi connectivity index (χ0v) is 25.0. The van der Waals surface area contributed by atoms with Gasteiger partial charge in [-0.3, -0.25) is 4.90 Å². The van der Waals surface area contributed by atoms with Crippen molar-refractivity contribution in [1.82, 2.24) is 19.8 Å². The summed E-state index contributed by atoms with van der Waals surface area (Å²) in [5, 5.41) is 13.3. The lowest BCUT2D eigenvalue weighted by molar-refractivity contribution is -0.137. The first-order valence-electron chi connectivity index (χ1n) is 15.0. The van der Waals surface area contributed by atoms with Crippen LogP contribution in [0.2, 0.25) is 0 Å². The number of carboxylic acids is 1. The number of hydrogen-bond donors (Lipinski definition) is 2. The Labute approximate surface area is 253 Å². The third-order valence-corrected chi connectivity index (χ3v) is 7.74. The summed E-state index contributed by atoms with van der Waals surface area (Å²) in [7, 11) is 0. The molecule has 0 unspecified atom stereocenters. The maximum Gasteiger partial charge on any atom is 0.415 e. The fraction of sp³-hybridized carbons (Fsp3) is 0.516. The van der Waals surface area contributed by atoms with Crippen LogP contribution in [0.25, 0.3) is 0 Å². The molecule has 0 saturated carbocycles. The van der Waals surface area contributed by atoms with Crippen molar-refractivity contribution < 1.29 is 24.2 Å². The van der Waals surface area contributed by atoms with Gasteiger partial charge in [0.1, 0.15) is 17.5 Å². The molecule has 3 amide bonds. The smallest absolute Gasteiger partial charge is 0.415 e. The molecule has 0 radical (unpaired) electrons. The molecule has 2 N–H and O–H groups in total. The second kappa shape index (κ2) is 15.1. The SMILES string of the molecule is C#CCN(C(=O)N1CCCCC1)c1cnc(N(CC)CC)nc1N[C@@H](Cc1ccc(OC(=O)N2CCCC2)cc1)C(=O)O. The van der Waals surface area contributed by atoms with Crippen molar-refractivity contribution in [2.45, 2.75) is 58.4 Å². The first kappa shape index (κ1) is 31.4. The van der Waals surface area contributed by atoms with Gasteiger partial charge in [-0.05, 0) is 63.6 Å². The second-order valence-corrected chi connectivity index (χ2v) is 10.6. The molecule has 0 aliphatic carbocycles. The second-order valence-electron chi connectivity index (χ2n) is 10.6. The molecule has 2 aromatic rings. The standard InChI is InChI=1S/C31H41N7O5/c1-4-16-38(30(41)36-17-8-7-9-18-36)26-22-32-29(35(5-2)6-3)34-27(26)33-25(28(39)40)21-23-12-14-24(15-13-23)43-31(42)37-19-10-11-20-37/h1,12-15,22,25H,5-11,16-21H2,2-3H3,(H,39,40)(H,32,33,34)/t25-/m0/s1. The molecule has 3 heterocycles. The van der Waals surface area contributed by atoms with Crippen LogP contribution in [0, 0.1) is 12.3 Å². The number of carbonyl (C=O) groups excluding carboxylic acids is 2. The van der Waals surface area contributed by atoms with Crippen LogP contribution in [0.1, 0.15) is 51.5 Å². The summed E-state index contributed by atoms with van der Waals surface area (Å²) >= 11 is 0. The summed E-state index contributed by atoms with van der Waals surface area (Å²) in [5.41, 5.74) is 1.03. The Morgan fingerprint density at radius 1 is 1.02 bits per heavy atom. The van der Waals surface area contributed by atoms with E-state index in [4.69, 9.17) is 16.1 Å². The Morgan fingerprint density at radius 3 is 2.26 bits per heavy atom. The van der Waals surface area contributed by atoms with Crippen LogP contribution >= 0.6 is 0 Å². The van der Waals surface area contributed by atoms with Gasteiger partial charge in [0.05, 0.1) is 12.7 Å². The number of hydrogen-bond acceptors (Lipinski definition) is 8. The van der Waals surface area contributed by atoms with E-state index in [0.29, 0.717) is 62.2 Å². The number of likely N-dealkylation sites (tertiary alicyclic amines) is 2. The maximum atomic E-state index is 13.6. The Kier molecular flexibility index (Phi) is 11.0. The Morgan fingerprint density at radius 2 is 1.65 bits per heavy atom. The summed E-state index contributed by atoms with van der Waals surface area (Å²) in [4.78, 5) is 54.4. The fourth-order valence-corrected chi connectivity index (χ4v) is 5.29. The Balaban J connectivity index is 1.58. The summed E-state index contributed by atoms with van der Waals surface area (Å²) in [6.07, 6.45) is 11.8. The molecule has 0 spiro atoms. The molecule has 2 aliphatic heterocycles. The molecule has 1 atom stereocenters. The number of nitrogens with one attached hydrogen (secondary N) is 1. The monoisotopic (exact) mass is 591 g/mol. The van der Waals surface area contributed by atoms with Gasteiger partial charge in [-0.25, -0.2) is 19.4 Å². The van der Waals surface area contributed by atoms with Crippen LogP contribution in [0.3, 0.4) is 0 Å². The lowest BCUT2D eigenvalue weighted by Crippen LogP contribution is -2.46. The van der Waals surface area contributed by atoms with Crippen LogP contribution in [-0.2, 0) is 11.2 Å². The molecule has 0 bridgehead atoms. The molecule has 2 saturated heterocycles. The van der Waals surface area contributed by atoms with Crippen molar-refractivity contribution in [3.8, 4) is 18.1 Å². The largest absolute Gasteiger partial charge is 0.480 e. The highest BCUT2D eigenvalue weighted by Gasteiger charge is 2.29. The number of anilines is 3. The van der Waals surface area contributed by atoms with Gasteiger partial charge in [-0.1, -0.05) is 18.1 Å². The quantitative estimate of drug-likeness (QED) is 0.371. The number of aromatic nitrogens is 2. The topological polar surface area (TPSA) is 131 Å². The molecular formula is C31H41N7O5. The molecule has 2 fully saturated rings. The number of carbonyl (C=O) groups is 3. The average molecular weight is 592 g/mol. The van der Waals surface area contributed by atoms with E-state index in [1.807, 2.05) is 18.7 Å². The van der Waals surface area contributed by atoms with Gasteiger partial charge in [-0.2, -0.15) is 4.98 Å². The van der Waals surface area contributed by atoms with E-state index in [0.717, 1.165) is 32.1 Å². The van der Waals surface area contributed by atoms with Gasteiger partial charge in [-0.15, -0.1) is 6.42 Å². The summed E-state index contributed by atoms with van der Waals surface area (Å²) < 4.78 is 5.47. The van der Waals surface area contributed by atoms with Gasteiger partial charge in [0, 0.05) is 45.7 Å². The molecule has 230 valence electrons. The summed E-state index contributed by atoms with van der Waals surface area (Å²) in [6.45, 7) is 7.85. The number of benzene rings is 1. The molecule has 1 aromatic heterocycles. The minimum Gasteiger partial charge on any atom is -0.480 e. The molecule has 12 nitrogen and oxygen atoms in total. The minimum absolute atomic E-state index is 0.0205. The van der Waals surface area contributed by atoms with Gasteiger partial charge in [0.25, 0.3) is 0 Å². The first-order valence-corrected chi connectivity index (χ1v) is 15.0. The zero-order chi connectivity index (χ0) is 30.8. The van der Waals surface area contributed by atoms with Gasteiger partial charge in [0.15, 0.2) is 5.82 Å². The van der Waals surface area contributed by atoms with Gasteiger partial charge >= 0.3 is 18.1 Å². The van der Waals surface area contributed by atoms with Crippen molar-refractivity contribution in [3.05, 3.63) is 36.0 Å². The lowest BCUT2D eigenvalue weighted by atomic mass is 10.1. The number of urea groups is 1. The minimum atomic E-state index is -1.09. The number of terminal acetylenes is 1. The number of aliphatic carboxylic acids is 1. The number of ether oxygens (including phenoxy) is 1. The van der Waals surface area contributed by atoms with Crippen molar-refractivity contribution in [1.29, 1.82) is 0 Å². The third kappa shape index (κ3) is 8.06. The Bertz CT molecular complexity index is 1300. The van der Waals surface area contributed by atoms with E-state index >= 15 is 0 Å². The third-order valence-electron chi connectivity index (χ3n) is 7.74. The molecular weight excluding hydrogens is 550 g/mol. The number of carboxylic acid groups (broad SMARTS) is 1. The molecule has 4 rings (SSSR count). The number of piperidine rings is 1. The Hall–Kier alpha value is -4.53. The van der Waals surface area contributed by atoms with Crippen LogP contribution in [0.4, 0.5) is 27.0 Å². The van der Waals surface area contributed by atoms with E-state index in [1.165, 1.54) is 11.1 Å². The predicted octanol–water partition coefficient (Wildman–Crippen LogP) is 4.07. The highest BCUT2D eigenvalue weighted by Crippen LogP contribution is 2.29. The number of nitrogens with zero attached hydrogens (tertiary/aromatic N) is 6. The van der Waals surface area contributed by atoms with E-state index in [9.17, 15) is 19.5 Å². The summed E-state index contributed by atoms with van der Waals surface area (Å²) in [6, 6.07) is 5.43. The van der Waals surface area contributed by atoms with Crippen molar-refractivity contribution in [3.63, 3.8) is 0 Å². The van der Waals surface area contributed by atoms with E-state index in [-0.39, 0.29) is 30.9 Å². The van der Waals surface area contributed by atoms with E-state index in [1.54, 1.807) is 34.1 Å². The highest BCUT2D eigenvalue weighted by atomic mass is 16.6. The van der Waals surface area contributed by atoms with E-state index < -0.39 is 12.0 Å². The number of rotatable bonds is 11. The van der Waals surface area contributed by atoms with Crippen molar-refractivity contribution in [2.24, 2.45) is 0 Å². The summed E-state index contributed by atoms with van der Waals surface area (Å²) in [5.74, 6) is 2.48. The van der Waals surface area contributed by atoms with Crippen LogP contribution in [0.15, 0.2) is 30.5 Å².